The van der Waals surface area contributed by atoms with Gasteiger partial charge in [0.15, 0.2) is 11.5 Å². The Morgan fingerprint density at radius 3 is 2.76 bits per heavy atom. The Hall–Kier alpha value is -3.87. The third kappa shape index (κ3) is 4.73. The topological polar surface area (TPSA) is 152 Å². The van der Waals surface area contributed by atoms with Crippen molar-refractivity contribution in [2.75, 3.05) is 30.8 Å². The largest absolute Gasteiger partial charge is 0.399 e. The molecule has 38 heavy (non-hydrogen) atoms. The number of hydrogen-bond donors (Lipinski definition) is 2. The standard InChI is InChI=1S/C25H32FN9O3/c1-13(19-29-20-17-11-16(26)10-14(2)18(17)28-23(27)35(20)32-19)6-7-15(3)33(5)22(36)21-30-31-24(38-21)34-9-8-25(4,37)12-34/h10-11,13,15,37H,6-9,12H2,1-5H3,(H2,27,28)/t13-,15-,25?/m0/s1. The molecule has 1 aromatic carbocycles. The van der Waals surface area contributed by atoms with Crippen LogP contribution in [-0.4, -0.2) is 77.5 Å². The van der Waals surface area contributed by atoms with Gasteiger partial charge in [-0.05, 0) is 57.7 Å². The molecule has 1 unspecified atom stereocenters. The van der Waals surface area contributed by atoms with Gasteiger partial charge in [0.05, 0.1) is 17.7 Å². The van der Waals surface area contributed by atoms with Gasteiger partial charge in [0.25, 0.3) is 0 Å². The maximum absolute atomic E-state index is 14.1. The number of rotatable bonds is 7. The van der Waals surface area contributed by atoms with Crippen LogP contribution in [0.2, 0.25) is 0 Å². The molecule has 0 aliphatic carbocycles. The average molecular weight is 526 g/mol. The second-order valence-corrected chi connectivity index (χ2v) is 10.6. The van der Waals surface area contributed by atoms with E-state index < -0.39 is 5.60 Å². The molecule has 13 heteroatoms. The van der Waals surface area contributed by atoms with Gasteiger partial charge in [0, 0.05) is 30.9 Å². The highest BCUT2D eigenvalue weighted by Gasteiger charge is 2.34. The molecule has 0 saturated carbocycles. The van der Waals surface area contributed by atoms with E-state index in [9.17, 15) is 14.3 Å². The van der Waals surface area contributed by atoms with E-state index in [1.807, 2.05) is 13.8 Å². The van der Waals surface area contributed by atoms with Crippen LogP contribution in [0.5, 0.6) is 0 Å². The number of nitrogen functional groups attached to an aromatic ring is 1. The zero-order valence-corrected chi connectivity index (χ0v) is 22.1. The molecule has 0 radical (unpaired) electrons. The first-order valence-electron chi connectivity index (χ1n) is 12.6. The summed E-state index contributed by atoms with van der Waals surface area (Å²) < 4.78 is 21.2. The number of aliphatic hydroxyl groups is 1. The zero-order chi connectivity index (χ0) is 27.4. The molecule has 1 amide bonds. The van der Waals surface area contributed by atoms with Crippen molar-refractivity contribution in [3.8, 4) is 0 Å². The van der Waals surface area contributed by atoms with Gasteiger partial charge in [-0.1, -0.05) is 12.0 Å². The number of amides is 1. The van der Waals surface area contributed by atoms with Crippen molar-refractivity contribution in [1.82, 2.24) is 34.7 Å². The molecule has 202 valence electrons. The second kappa shape index (κ2) is 9.46. The zero-order valence-electron chi connectivity index (χ0n) is 22.1. The van der Waals surface area contributed by atoms with Gasteiger partial charge in [-0.3, -0.25) is 4.79 Å². The van der Waals surface area contributed by atoms with Crippen LogP contribution in [-0.2, 0) is 0 Å². The summed E-state index contributed by atoms with van der Waals surface area (Å²) in [6.45, 7) is 8.42. The maximum Gasteiger partial charge on any atom is 0.318 e. The number of nitrogens with zero attached hydrogens (tertiary/aromatic N) is 8. The minimum atomic E-state index is -0.819. The third-order valence-electron chi connectivity index (χ3n) is 7.33. The van der Waals surface area contributed by atoms with Crippen molar-refractivity contribution in [2.45, 2.75) is 64.5 Å². The number of carbonyl (C=O) groups is 1. The smallest absolute Gasteiger partial charge is 0.318 e. The van der Waals surface area contributed by atoms with E-state index in [4.69, 9.17) is 10.2 Å². The Morgan fingerprint density at radius 1 is 1.29 bits per heavy atom. The lowest BCUT2D eigenvalue weighted by molar-refractivity contribution is 0.0694. The van der Waals surface area contributed by atoms with Crippen molar-refractivity contribution in [1.29, 1.82) is 0 Å². The predicted octanol–water partition coefficient (Wildman–Crippen LogP) is 2.70. The normalized spacial score (nSPS) is 19.4. The fourth-order valence-electron chi connectivity index (χ4n) is 4.79. The van der Waals surface area contributed by atoms with E-state index in [-0.39, 0.29) is 41.5 Å². The molecule has 4 aromatic rings. The van der Waals surface area contributed by atoms with Gasteiger partial charge >= 0.3 is 17.8 Å². The van der Waals surface area contributed by atoms with Gasteiger partial charge in [-0.25, -0.2) is 14.4 Å². The van der Waals surface area contributed by atoms with E-state index in [2.05, 4.69) is 25.3 Å². The molecule has 0 spiro atoms. The lowest BCUT2D eigenvalue weighted by atomic mass is 10.0. The van der Waals surface area contributed by atoms with Crippen LogP contribution in [0.3, 0.4) is 0 Å². The molecule has 0 bridgehead atoms. The Morgan fingerprint density at radius 2 is 2.05 bits per heavy atom. The highest BCUT2D eigenvalue weighted by Crippen LogP contribution is 2.28. The summed E-state index contributed by atoms with van der Waals surface area (Å²) in [6.07, 6.45) is 1.94. The first-order chi connectivity index (χ1) is 17.9. The molecular formula is C25H32FN9O3. The molecule has 4 heterocycles. The van der Waals surface area contributed by atoms with E-state index in [1.165, 1.54) is 16.6 Å². The SMILES string of the molecule is Cc1cc(F)cc2c1nc(N)n1nc([C@@H](C)CC[C@H](C)N(C)C(=O)c3nnc(N4CCC(C)(O)C4)o3)nc21. The van der Waals surface area contributed by atoms with Crippen LogP contribution < -0.4 is 10.6 Å². The van der Waals surface area contributed by atoms with Crippen molar-refractivity contribution in [3.05, 3.63) is 35.2 Å². The average Bonchev–Trinajstić information content (AvgIpc) is 3.60. The highest BCUT2D eigenvalue weighted by molar-refractivity contribution is 5.94. The summed E-state index contributed by atoms with van der Waals surface area (Å²) in [7, 11) is 1.70. The lowest BCUT2D eigenvalue weighted by Crippen LogP contribution is -2.35. The first-order valence-corrected chi connectivity index (χ1v) is 12.6. The molecule has 1 aliphatic heterocycles. The van der Waals surface area contributed by atoms with E-state index in [1.54, 1.807) is 30.7 Å². The monoisotopic (exact) mass is 525 g/mol. The minimum absolute atomic E-state index is 0.0528. The van der Waals surface area contributed by atoms with Crippen LogP contribution in [0.15, 0.2) is 16.5 Å². The molecule has 5 rings (SSSR count). The Balaban J connectivity index is 1.25. The van der Waals surface area contributed by atoms with Crippen molar-refractivity contribution < 1.29 is 18.7 Å². The van der Waals surface area contributed by atoms with E-state index >= 15 is 0 Å². The molecule has 3 atom stereocenters. The van der Waals surface area contributed by atoms with Crippen LogP contribution in [0.25, 0.3) is 16.6 Å². The maximum atomic E-state index is 14.1. The number of aryl methyl sites for hydroxylation is 1. The summed E-state index contributed by atoms with van der Waals surface area (Å²) in [5.41, 5.74) is 7.04. The molecule has 3 N–H and O–H groups in total. The number of carbonyl (C=O) groups excluding carboxylic acids is 1. The van der Waals surface area contributed by atoms with E-state index in [0.717, 1.165) is 0 Å². The summed E-state index contributed by atoms with van der Waals surface area (Å²) in [5.74, 6) is -0.136. The lowest BCUT2D eigenvalue weighted by Gasteiger charge is -2.24. The molecular weight excluding hydrogens is 493 g/mol. The van der Waals surface area contributed by atoms with E-state index in [0.29, 0.717) is 60.3 Å². The molecule has 1 aliphatic rings. The molecule has 1 saturated heterocycles. The van der Waals surface area contributed by atoms with Crippen LogP contribution in [0.4, 0.5) is 16.4 Å². The van der Waals surface area contributed by atoms with Crippen molar-refractivity contribution >= 4 is 34.4 Å². The summed E-state index contributed by atoms with van der Waals surface area (Å²) in [4.78, 5) is 25.4. The fraction of sp³-hybridized carbons (Fsp3) is 0.520. The quantitative estimate of drug-likeness (QED) is 0.368. The third-order valence-corrected chi connectivity index (χ3v) is 7.33. The highest BCUT2D eigenvalue weighted by atomic mass is 19.1. The fourth-order valence-corrected chi connectivity index (χ4v) is 4.79. The second-order valence-electron chi connectivity index (χ2n) is 10.6. The molecule has 3 aromatic heterocycles. The first kappa shape index (κ1) is 25.8. The van der Waals surface area contributed by atoms with Gasteiger partial charge < -0.3 is 25.1 Å². The molecule has 12 nitrogen and oxygen atoms in total. The summed E-state index contributed by atoms with van der Waals surface area (Å²) in [5, 5.41) is 23.2. The van der Waals surface area contributed by atoms with Gasteiger partial charge in [-0.2, -0.15) is 4.52 Å². The number of halogens is 1. The van der Waals surface area contributed by atoms with Gasteiger partial charge in [0.2, 0.25) is 5.95 Å². The van der Waals surface area contributed by atoms with Crippen LogP contribution in [0.1, 0.15) is 68.0 Å². The number of β-amino-alcohol motifs (C(OH)–C–C–N with tert-alkyl or cyclic N) is 1. The number of nitrogens with two attached hydrogens (primary N) is 1. The molecule has 1 fully saturated rings. The number of aromatic nitrogens is 6. The minimum Gasteiger partial charge on any atom is -0.399 e. The number of fused-ring (bicyclic) bond motifs is 3. The van der Waals surface area contributed by atoms with Gasteiger partial charge in [-0.15, -0.1) is 10.2 Å². The number of benzene rings is 1. The Labute approximate surface area is 218 Å². The van der Waals surface area contributed by atoms with Gasteiger partial charge in [0.1, 0.15) is 5.82 Å². The Kier molecular flexibility index (Phi) is 6.41. The van der Waals surface area contributed by atoms with Crippen LogP contribution >= 0.6 is 0 Å². The predicted molar refractivity (Wildman–Crippen MR) is 138 cm³/mol. The van der Waals surface area contributed by atoms with Crippen molar-refractivity contribution in [2.24, 2.45) is 0 Å². The number of hydrogen-bond acceptors (Lipinski definition) is 10. The van der Waals surface area contributed by atoms with Crippen molar-refractivity contribution in [3.63, 3.8) is 0 Å². The Bertz CT molecular complexity index is 1520. The summed E-state index contributed by atoms with van der Waals surface area (Å²) >= 11 is 0. The van der Waals surface area contributed by atoms with Crippen LogP contribution in [0, 0.1) is 12.7 Å². The summed E-state index contributed by atoms with van der Waals surface area (Å²) in [6, 6.07) is 2.91. The number of anilines is 2.